The minimum Gasteiger partial charge on any atom is -0.496 e. The molecular weight excluding hydrogens is 284 g/mol. The zero-order valence-corrected chi connectivity index (χ0v) is 14.3. The van der Waals surface area contributed by atoms with Gasteiger partial charge in [0.05, 0.1) is 19.1 Å². The van der Waals surface area contributed by atoms with Crippen LogP contribution in [0.15, 0.2) is 42.5 Å². The second-order valence-electron chi connectivity index (χ2n) is 5.87. The second kappa shape index (κ2) is 7.69. The molecule has 0 fully saturated rings. The van der Waals surface area contributed by atoms with E-state index < -0.39 is 0 Å². The van der Waals surface area contributed by atoms with Crippen molar-refractivity contribution in [3.05, 3.63) is 59.2 Å². The maximum absolute atomic E-state index is 9.56. The third-order valence-corrected chi connectivity index (χ3v) is 4.13. The molecule has 2 aromatic rings. The fourth-order valence-corrected chi connectivity index (χ4v) is 2.71. The zero-order valence-electron chi connectivity index (χ0n) is 14.3. The number of methoxy groups -OCH3 is 1. The third kappa shape index (κ3) is 4.04. The van der Waals surface area contributed by atoms with Gasteiger partial charge >= 0.3 is 0 Å². The first-order chi connectivity index (χ1) is 11.1. The summed E-state index contributed by atoms with van der Waals surface area (Å²) in [7, 11) is 5.72. The minimum atomic E-state index is -0.135. The Kier molecular flexibility index (Phi) is 5.65. The van der Waals surface area contributed by atoms with E-state index in [0.717, 1.165) is 29.8 Å². The van der Waals surface area contributed by atoms with Gasteiger partial charge in [-0.15, -0.1) is 0 Å². The van der Waals surface area contributed by atoms with Crippen molar-refractivity contribution in [2.75, 3.05) is 26.1 Å². The molecule has 1 atom stereocenters. The summed E-state index contributed by atoms with van der Waals surface area (Å²) in [6.45, 7) is 2.11. The van der Waals surface area contributed by atoms with E-state index in [0.29, 0.717) is 0 Å². The van der Waals surface area contributed by atoms with Gasteiger partial charge in [0, 0.05) is 19.8 Å². The van der Waals surface area contributed by atoms with Gasteiger partial charge in [-0.3, -0.25) is 0 Å². The van der Waals surface area contributed by atoms with Crippen LogP contribution in [0.2, 0.25) is 0 Å². The molecular formula is C20H24N2O. The van der Waals surface area contributed by atoms with Crippen molar-refractivity contribution in [3.8, 4) is 11.8 Å². The first-order valence-electron chi connectivity index (χ1n) is 7.91. The smallest absolute Gasteiger partial charge is 0.122 e. The fraction of sp³-hybridized carbons (Fsp3) is 0.350. The van der Waals surface area contributed by atoms with Crippen LogP contribution in [0.5, 0.6) is 5.75 Å². The van der Waals surface area contributed by atoms with Gasteiger partial charge in [0.25, 0.3) is 0 Å². The van der Waals surface area contributed by atoms with Crippen molar-refractivity contribution in [3.63, 3.8) is 0 Å². The van der Waals surface area contributed by atoms with Crippen LogP contribution in [0.4, 0.5) is 5.69 Å². The van der Waals surface area contributed by atoms with Crippen molar-refractivity contribution in [1.29, 1.82) is 5.26 Å². The van der Waals surface area contributed by atoms with Crippen molar-refractivity contribution in [1.82, 2.24) is 0 Å². The number of anilines is 1. The van der Waals surface area contributed by atoms with Crippen LogP contribution in [0.25, 0.3) is 0 Å². The number of hydrogen-bond acceptors (Lipinski definition) is 3. The summed E-state index contributed by atoms with van der Waals surface area (Å²) >= 11 is 0. The molecule has 0 saturated carbocycles. The SMILES string of the molecule is CCc1cc(CC(C#N)c2ccc(N(C)C)cc2)ccc1OC. The molecule has 0 saturated heterocycles. The largest absolute Gasteiger partial charge is 0.496 e. The number of benzene rings is 2. The lowest BCUT2D eigenvalue weighted by Gasteiger charge is -2.15. The number of ether oxygens (including phenoxy) is 1. The van der Waals surface area contributed by atoms with Gasteiger partial charge in [-0.1, -0.05) is 31.2 Å². The van der Waals surface area contributed by atoms with Crippen LogP contribution in [0, 0.1) is 11.3 Å². The Morgan fingerprint density at radius 3 is 2.35 bits per heavy atom. The van der Waals surface area contributed by atoms with Gasteiger partial charge in [-0.2, -0.15) is 5.26 Å². The molecule has 2 aromatic carbocycles. The Labute approximate surface area is 139 Å². The second-order valence-corrected chi connectivity index (χ2v) is 5.87. The van der Waals surface area contributed by atoms with Gasteiger partial charge in [-0.25, -0.2) is 0 Å². The Bertz CT molecular complexity index is 684. The van der Waals surface area contributed by atoms with Crippen molar-refractivity contribution in [2.45, 2.75) is 25.7 Å². The Hall–Kier alpha value is -2.47. The average molecular weight is 308 g/mol. The van der Waals surface area contributed by atoms with E-state index in [-0.39, 0.29) is 5.92 Å². The molecule has 0 amide bonds. The summed E-state index contributed by atoms with van der Waals surface area (Å²) in [5.41, 5.74) is 4.56. The molecule has 0 heterocycles. The highest BCUT2D eigenvalue weighted by Crippen LogP contribution is 2.26. The number of rotatable bonds is 6. The molecule has 0 aliphatic heterocycles. The lowest BCUT2D eigenvalue weighted by Crippen LogP contribution is -2.09. The van der Waals surface area contributed by atoms with E-state index in [9.17, 15) is 5.26 Å². The van der Waals surface area contributed by atoms with E-state index >= 15 is 0 Å². The molecule has 120 valence electrons. The van der Waals surface area contributed by atoms with Gasteiger partial charge in [0.15, 0.2) is 0 Å². The predicted octanol–water partition coefficient (Wildman–Crippen LogP) is 4.17. The van der Waals surface area contributed by atoms with E-state index in [2.05, 4.69) is 42.2 Å². The Morgan fingerprint density at radius 1 is 1.13 bits per heavy atom. The van der Waals surface area contributed by atoms with Crippen LogP contribution < -0.4 is 9.64 Å². The molecule has 0 bridgehead atoms. The summed E-state index contributed by atoms with van der Waals surface area (Å²) < 4.78 is 5.37. The maximum atomic E-state index is 9.56. The van der Waals surface area contributed by atoms with Crippen molar-refractivity contribution < 1.29 is 4.74 Å². The first-order valence-corrected chi connectivity index (χ1v) is 7.91. The quantitative estimate of drug-likeness (QED) is 0.803. The maximum Gasteiger partial charge on any atom is 0.122 e. The standard InChI is InChI=1S/C20H24N2O/c1-5-16-12-15(6-11-20(16)23-4)13-18(14-21)17-7-9-19(10-8-17)22(2)3/h6-12,18H,5,13H2,1-4H3. The summed E-state index contributed by atoms with van der Waals surface area (Å²) in [5.74, 6) is 0.782. The van der Waals surface area contributed by atoms with E-state index in [4.69, 9.17) is 4.74 Å². The van der Waals surface area contributed by atoms with Gasteiger partial charge in [0.2, 0.25) is 0 Å². The van der Waals surface area contributed by atoms with Gasteiger partial charge in [-0.05, 0) is 47.7 Å². The topological polar surface area (TPSA) is 36.3 Å². The molecule has 0 aliphatic carbocycles. The predicted molar refractivity (Wildman–Crippen MR) is 95.2 cm³/mol. The molecule has 3 nitrogen and oxygen atoms in total. The average Bonchev–Trinajstić information content (AvgIpc) is 2.59. The van der Waals surface area contributed by atoms with Crippen LogP contribution in [-0.4, -0.2) is 21.2 Å². The summed E-state index contributed by atoms with van der Waals surface area (Å²) in [6.07, 6.45) is 1.64. The zero-order chi connectivity index (χ0) is 16.8. The normalized spacial score (nSPS) is 11.6. The summed E-state index contributed by atoms with van der Waals surface area (Å²) in [6, 6.07) is 16.9. The fourth-order valence-electron chi connectivity index (χ4n) is 2.71. The molecule has 0 aromatic heterocycles. The Balaban J connectivity index is 2.21. The third-order valence-electron chi connectivity index (χ3n) is 4.13. The number of hydrogen-bond donors (Lipinski definition) is 0. The van der Waals surface area contributed by atoms with Crippen molar-refractivity contribution >= 4 is 5.69 Å². The minimum absolute atomic E-state index is 0.135. The highest BCUT2D eigenvalue weighted by atomic mass is 16.5. The van der Waals surface area contributed by atoms with E-state index in [1.54, 1.807) is 7.11 Å². The lowest BCUT2D eigenvalue weighted by molar-refractivity contribution is 0.410. The molecule has 0 aliphatic rings. The molecule has 0 radical (unpaired) electrons. The molecule has 23 heavy (non-hydrogen) atoms. The number of aryl methyl sites for hydroxylation is 1. The van der Waals surface area contributed by atoms with Crippen LogP contribution in [0.3, 0.4) is 0 Å². The Morgan fingerprint density at radius 2 is 1.83 bits per heavy atom. The van der Waals surface area contributed by atoms with Gasteiger partial charge in [0.1, 0.15) is 5.75 Å². The van der Waals surface area contributed by atoms with Crippen LogP contribution >= 0.6 is 0 Å². The van der Waals surface area contributed by atoms with Crippen molar-refractivity contribution in [2.24, 2.45) is 0 Å². The molecule has 0 spiro atoms. The van der Waals surface area contributed by atoms with E-state index in [1.165, 1.54) is 11.1 Å². The molecule has 3 heteroatoms. The van der Waals surface area contributed by atoms with Crippen LogP contribution in [0.1, 0.15) is 29.5 Å². The summed E-state index contributed by atoms with van der Waals surface area (Å²) in [5, 5.41) is 9.56. The molecule has 2 rings (SSSR count). The summed E-state index contributed by atoms with van der Waals surface area (Å²) in [4.78, 5) is 2.06. The highest BCUT2D eigenvalue weighted by molar-refractivity contribution is 5.47. The number of nitriles is 1. The first kappa shape index (κ1) is 16.9. The molecule has 1 unspecified atom stereocenters. The van der Waals surface area contributed by atoms with Gasteiger partial charge < -0.3 is 9.64 Å². The van der Waals surface area contributed by atoms with Crippen LogP contribution in [-0.2, 0) is 12.8 Å². The number of nitrogens with zero attached hydrogens (tertiary/aromatic N) is 2. The lowest BCUT2D eigenvalue weighted by atomic mass is 9.92. The van der Waals surface area contributed by atoms with E-state index in [1.807, 2.05) is 32.3 Å². The monoisotopic (exact) mass is 308 g/mol. The highest BCUT2D eigenvalue weighted by Gasteiger charge is 2.13. The molecule has 0 N–H and O–H groups in total.